The zero-order valence-electron chi connectivity index (χ0n) is 12.0. The van der Waals surface area contributed by atoms with E-state index in [9.17, 15) is 0 Å². The van der Waals surface area contributed by atoms with Gasteiger partial charge in [0, 0.05) is 30.9 Å². The van der Waals surface area contributed by atoms with Crippen LogP contribution in [-0.4, -0.2) is 15.2 Å². The molecule has 0 spiro atoms. The van der Waals surface area contributed by atoms with Gasteiger partial charge in [0.2, 0.25) is 0 Å². The number of rotatable bonds is 2. The highest BCUT2D eigenvalue weighted by Gasteiger charge is 2.53. The monoisotopic (exact) mass is 268 g/mol. The fourth-order valence-corrected chi connectivity index (χ4v) is 3.65. The van der Waals surface area contributed by atoms with Gasteiger partial charge in [-0.25, -0.2) is 0 Å². The SMILES string of the molecule is CC1(C)ON(Cc2ccccc2)[C@@H]2c3cccn3C[C@@H]21. The van der Waals surface area contributed by atoms with Crippen molar-refractivity contribution in [3.63, 3.8) is 0 Å². The van der Waals surface area contributed by atoms with Gasteiger partial charge < -0.3 is 4.57 Å². The van der Waals surface area contributed by atoms with Gasteiger partial charge in [0.1, 0.15) is 0 Å². The van der Waals surface area contributed by atoms with Crippen LogP contribution in [0.1, 0.15) is 31.1 Å². The number of hydroxylamine groups is 2. The van der Waals surface area contributed by atoms with E-state index in [1.165, 1.54) is 11.3 Å². The Labute approximate surface area is 119 Å². The zero-order valence-corrected chi connectivity index (χ0v) is 12.0. The van der Waals surface area contributed by atoms with Gasteiger partial charge in [0.15, 0.2) is 0 Å². The first-order valence-corrected chi connectivity index (χ1v) is 7.30. The third kappa shape index (κ3) is 1.74. The van der Waals surface area contributed by atoms with E-state index in [0.717, 1.165) is 13.1 Å². The highest BCUT2D eigenvalue weighted by Crippen LogP contribution is 2.50. The van der Waals surface area contributed by atoms with Gasteiger partial charge in [-0.05, 0) is 31.5 Å². The van der Waals surface area contributed by atoms with Crippen LogP contribution >= 0.6 is 0 Å². The molecule has 3 heterocycles. The third-order valence-electron chi connectivity index (χ3n) is 4.68. The van der Waals surface area contributed by atoms with Crippen LogP contribution in [0.4, 0.5) is 0 Å². The fraction of sp³-hybridized carbons (Fsp3) is 0.412. The Balaban J connectivity index is 1.67. The summed E-state index contributed by atoms with van der Waals surface area (Å²) in [5, 5.41) is 2.18. The normalized spacial score (nSPS) is 27.5. The van der Waals surface area contributed by atoms with Crippen LogP contribution in [0.5, 0.6) is 0 Å². The van der Waals surface area contributed by atoms with E-state index in [1.807, 2.05) is 0 Å². The highest BCUT2D eigenvalue weighted by molar-refractivity contribution is 5.22. The fourth-order valence-electron chi connectivity index (χ4n) is 3.65. The molecule has 3 heteroatoms. The van der Waals surface area contributed by atoms with E-state index in [1.54, 1.807) is 0 Å². The molecule has 2 aromatic rings. The molecule has 2 atom stereocenters. The van der Waals surface area contributed by atoms with Crippen LogP contribution in [0.25, 0.3) is 0 Å². The Kier molecular flexibility index (Phi) is 2.56. The standard InChI is InChI=1S/C17H20N2O/c1-17(2)14-12-18-10-6-9-15(18)16(14)19(20-17)11-13-7-4-3-5-8-13/h3-10,14,16H,11-12H2,1-2H3/t14-,16-/m0/s1. The van der Waals surface area contributed by atoms with Gasteiger partial charge in [-0.1, -0.05) is 30.3 Å². The number of hydrogen-bond donors (Lipinski definition) is 0. The average Bonchev–Trinajstić information content (AvgIpc) is 3.03. The molecule has 0 N–H and O–H groups in total. The quantitative estimate of drug-likeness (QED) is 0.830. The summed E-state index contributed by atoms with van der Waals surface area (Å²) in [5.41, 5.74) is 2.59. The molecule has 3 nitrogen and oxygen atoms in total. The van der Waals surface area contributed by atoms with Crippen molar-refractivity contribution in [2.24, 2.45) is 5.92 Å². The number of fused-ring (bicyclic) bond motifs is 3. The summed E-state index contributed by atoms with van der Waals surface area (Å²) >= 11 is 0. The van der Waals surface area contributed by atoms with Crippen LogP contribution in [0.2, 0.25) is 0 Å². The van der Waals surface area contributed by atoms with E-state index in [0.29, 0.717) is 12.0 Å². The van der Waals surface area contributed by atoms with Gasteiger partial charge in [-0.15, -0.1) is 0 Å². The Hall–Kier alpha value is -1.58. The lowest BCUT2D eigenvalue weighted by Gasteiger charge is -2.24. The molecule has 2 aliphatic heterocycles. The molecule has 104 valence electrons. The van der Waals surface area contributed by atoms with Gasteiger partial charge in [0.05, 0.1) is 11.6 Å². The first kappa shape index (κ1) is 12.2. The first-order chi connectivity index (χ1) is 9.65. The van der Waals surface area contributed by atoms with Crippen molar-refractivity contribution in [3.05, 3.63) is 59.9 Å². The lowest BCUT2D eigenvalue weighted by atomic mass is 9.87. The van der Waals surface area contributed by atoms with Crippen LogP contribution in [-0.2, 0) is 17.9 Å². The van der Waals surface area contributed by atoms with Crippen molar-refractivity contribution < 1.29 is 4.84 Å². The van der Waals surface area contributed by atoms with E-state index in [4.69, 9.17) is 4.84 Å². The number of nitrogens with zero attached hydrogens (tertiary/aromatic N) is 2. The Morgan fingerprint density at radius 3 is 2.75 bits per heavy atom. The summed E-state index contributed by atoms with van der Waals surface area (Å²) in [5.74, 6) is 0.530. The van der Waals surface area contributed by atoms with Gasteiger partial charge in [-0.2, -0.15) is 5.06 Å². The van der Waals surface area contributed by atoms with Crippen LogP contribution in [0.15, 0.2) is 48.7 Å². The second-order valence-corrected chi connectivity index (χ2v) is 6.39. The van der Waals surface area contributed by atoms with Crippen LogP contribution in [0, 0.1) is 5.92 Å². The third-order valence-corrected chi connectivity index (χ3v) is 4.68. The zero-order chi connectivity index (χ0) is 13.7. The maximum atomic E-state index is 6.27. The van der Waals surface area contributed by atoms with Crippen LogP contribution < -0.4 is 0 Å². The molecule has 0 radical (unpaired) electrons. The molecule has 20 heavy (non-hydrogen) atoms. The summed E-state index contributed by atoms with van der Waals surface area (Å²) in [4.78, 5) is 6.27. The molecular weight excluding hydrogens is 248 g/mol. The minimum Gasteiger partial charge on any atom is -0.349 e. The Morgan fingerprint density at radius 2 is 1.95 bits per heavy atom. The first-order valence-electron chi connectivity index (χ1n) is 7.30. The minimum absolute atomic E-state index is 0.0987. The average molecular weight is 268 g/mol. The summed E-state index contributed by atoms with van der Waals surface area (Å²) < 4.78 is 2.37. The predicted octanol–water partition coefficient (Wildman–Crippen LogP) is 3.39. The highest BCUT2D eigenvalue weighted by atomic mass is 16.7. The molecule has 4 rings (SSSR count). The van der Waals surface area contributed by atoms with Crippen molar-refractivity contribution in [3.8, 4) is 0 Å². The smallest absolute Gasteiger partial charge is 0.0909 e. The van der Waals surface area contributed by atoms with Gasteiger partial charge in [0.25, 0.3) is 0 Å². The lowest BCUT2D eigenvalue weighted by molar-refractivity contribution is -0.204. The Morgan fingerprint density at radius 1 is 1.15 bits per heavy atom. The molecular formula is C17H20N2O. The molecule has 0 amide bonds. The van der Waals surface area contributed by atoms with Crippen molar-refractivity contribution in [1.29, 1.82) is 0 Å². The summed E-state index contributed by atoms with van der Waals surface area (Å²) in [6.07, 6.45) is 2.18. The van der Waals surface area contributed by atoms with E-state index < -0.39 is 0 Å². The van der Waals surface area contributed by atoms with Crippen molar-refractivity contribution >= 4 is 0 Å². The Bertz CT molecular complexity index is 617. The number of hydrogen-bond acceptors (Lipinski definition) is 2. The second kappa shape index (κ2) is 4.21. The molecule has 0 unspecified atom stereocenters. The summed E-state index contributed by atoms with van der Waals surface area (Å²) in [6.45, 7) is 6.33. The molecule has 1 fully saturated rings. The van der Waals surface area contributed by atoms with Crippen molar-refractivity contribution in [2.75, 3.05) is 0 Å². The maximum absolute atomic E-state index is 6.27. The number of aromatic nitrogens is 1. The topological polar surface area (TPSA) is 17.4 Å². The van der Waals surface area contributed by atoms with Gasteiger partial charge >= 0.3 is 0 Å². The van der Waals surface area contributed by atoms with E-state index in [2.05, 4.69) is 72.1 Å². The largest absolute Gasteiger partial charge is 0.349 e. The summed E-state index contributed by atoms with van der Waals surface area (Å²) in [6, 6.07) is 15.3. The molecule has 0 aliphatic carbocycles. The second-order valence-electron chi connectivity index (χ2n) is 6.39. The van der Waals surface area contributed by atoms with E-state index in [-0.39, 0.29) is 5.60 Å². The molecule has 0 saturated carbocycles. The number of benzene rings is 1. The predicted molar refractivity (Wildman–Crippen MR) is 77.8 cm³/mol. The summed E-state index contributed by atoms with van der Waals surface area (Å²) in [7, 11) is 0. The maximum Gasteiger partial charge on any atom is 0.0909 e. The molecule has 1 aromatic heterocycles. The van der Waals surface area contributed by atoms with Crippen molar-refractivity contribution in [2.45, 2.75) is 38.6 Å². The minimum atomic E-state index is -0.0987. The molecule has 1 aromatic carbocycles. The molecule has 2 aliphatic rings. The van der Waals surface area contributed by atoms with Crippen LogP contribution in [0.3, 0.4) is 0 Å². The molecule has 0 bridgehead atoms. The molecule has 1 saturated heterocycles. The van der Waals surface area contributed by atoms with E-state index >= 15 is 0 Å². The van der Waals surface area contributed by atoms with Crippen molar-refractivity contribution in [1.82, 2.24) is 9.63 Å². The lowest BCUT2D eigenvalue weighted by Crippen LogP contribution is -2.30. The van der Waals surface area contributed by atoms with Gasteiger partial charge in [-0.3, -0.25) is 4.84 Å².